The highest BCUT2D eigenvalue weighted by atomic mass is 35.5. The summed E-state index contributed by atoms with van der Waals surface area (Å²) in [6.45, 7) is 0. The first-order valence-electron chi connectivity index (χ1n) is 2.74. The largest absolute Gasteiger partial charge is 1.00 e. The Bertz CT molecular complexity index is 141. The summed E-state index contributed by atoms with van der Waals surface area (Å²) in [5, 5.41) is 0. The van der Waals surface area contributed by atoms with Gasteiger partial charge in [-0.25, -0.2) is 0 Å². The van der Waals surface area contributed by atoms with Crippen molar-refractivity contribution in [3.63, 3.8) is 0 Å². The van der Waals surface area contributed by atoms with E-state index in [0.717, 1.165) is 0 Å². The Kier molecular flexibility index (Phi) is 7.68. The van der Waals surface area contributed by atoms with Crippen LogP contribution in [0.25, 0.3) is 0 Å². The molecule has 0 aliphatic carbocycles. The van der Waals surface area contributed by atoms with Crippen LogP contribution in [0.5, 0.6) is 0 Å². The highest BCUT2D eigenvalue weighted by molar-refractivity contribution is 5.78. The highest BCUT2D eigenvalue weighted by Gasteiger charge is 2.10. The maximum absolute atomic E-state index is 10.3. The lowest BCUT2D eigenvalue weighted by atomic mass is 10.2. The van der Waals surface area contributed by atoms with Crippen LogP contribution in [0, 0.1) is 12.3 Å². The van der Waals surface area contributed by atoms with Gasteiger partial charge in [0, 0.05) is 12.8 Å². The molecule has 0 radical (unpaired) electrons. The molecular formula is C6H11ClN2O. The van der Waals surface area contributed by atoms with E-state index < -0.39 is 0 Å². The van der Waals surface area contributed by atoms with Gasteiger partial charge in [-0.05, 0) is 0 Å². The molecule has 5 N–H and O–H groups in total. The van der Waals surface area contributed by atoms with Gasteiger partial charge in [0.15, 0.2) is 6.04 Å². The van der Waals surface area contributed by atoms with Gasteiger partial charge in [0.25, 0.3) is 5.91 Å². The SMILES string of the molecule is C#CCCC([NH3+])C(N)=O.[Cl-]. The van der Waals surface area contributed by atoms with E-state index in [1.165, 1.54) is 0 Å². The minimum absolute atomic E-state index is 0. The first-order chi connectivity index (χ1) is 4.18. The number of rotatable bonds is 3. The van der Waals surface area contributed by atoms with Crippen LogP contribution in [0.2, 0.25) is 0 Å². The van der Waals surface area contributed by atoms with Gasteiger partial charge >= 0.3 is 0 Å². The normalized spacial score (nSPS) is 10.8. The fourth-order valence-electron chi connectivity index (χ4n) is 0.400. The summed E-state index contributed by atoms with van der Waals surface area (Å²) < 4.78 is 0. The fourth-order valence-corrected chi connectivity index (χ4v) is 0.400. The third-order valence-electron chi connectivity index (χ3n) is 1.04. The Morgan fingerprint density at radius 1 is 1.80 bits per heavy atom. The van der Waals surface area contributed by atoms with Gasteiger partial charge < -0.3 is 23.9 Å². The van der Waals surface area contributed by atoms with Gasteiger partial charge in [0.1, 0.15) is 0 Å². The Balaban J connectivity index is 0. The second kappa shape index (κ2) is 6.40. The third kappa shape index (κ3) is 5.42. The van der Waals surface area contributed by atoms with E-state index in [4.69, 9.17) is 12.2 Å². The first kappa shape index (κ1) is 12.0. The molecule has 0 aromatic carbocycles. The zero-order chi connectivity index (χ0) is 7.28. The number of amides is 1. The van der Waals surface area contributed by atoms with Crippen molar-refractivity contribution < 1.29 is 22.9 Å². The highest BCUT2D eigenvalue weighted by Crippen LogP contribution is 1.88. The van der Waals surface area contributed by atoms with Crippen LogP contribution in [0.15, 0.2) is 0 Å². The number of terminal acetylenes is 1. The van der Waals surface area contributed by atoms with Crippen LogP contribution in [0.1, 0.15) is 12.8 Å². The van der Waals surface area contributed by atoms with E-state index >= 15 is 0 Å². The Hall–Kier alpha value is -0.720. The van der Waals surface area contributed by atoms with Crippen LogP contribution >= 0.6 is 0 Å². The molecule has 0 fully saturated rings. The molecule has 0 rings (SSSR count). The van der Waals surface area contributed by atoms with Crippen molar-refractivity contribution in [2.45, 2.75) is 18.9 Å². The molecule has 0 aliphatic rings. The molecule has 0 heterocycles. The average molecular weight is 163 g/mol. The molecule has 10 heavy (non-hydrogen) atoms. The van der Waals surface area contributed by atoms with Crippen molar-refractivity contribution in [1.82, 2.24) is 0 Å². The topological polar surface area (TPSA) is 70.7 Å². The van der Waals surface area contributed by atoms with E-state index in [9.17, 15) is 4.79 Å². The van der Waals surface area contributed by atoms with Gasteiger partial charge in [-0.3, -0.25) is 4.79 Å². The molecule has 0 saturated heterocycles. The van der Waals surface area contributed by atoms with Crippen LogP contribution in [0.3, 0.4) is 0 Å². The molecule has 0 aromatic rings. The minimum Gasteiger partial charge on any atom is -1.00 e. The lowest BCUT2D eigenvalue weighted by Gasteiger charge is -1.98. The Labute approximate surface area is 66.6 Å². The van der Waals surface area contributed by atoms with Crippen molar-refractivity contribution in [2.75, 3.05) is 0 Å². The average Bonchev–Trinajstić information content (AvgIpc) is 1.82. The van der Waals surface area contributed by atoms with E-state index in [0.29, 0.717) is 12.8 Å². The van der Waals surface area contributed by atoms with E-state index in [1.807, 2.05) is 0 Å². The molecule has 1 atom stereocenters. The lowest BCUT2D eigenvalue weighted by Crippen LogP contribution is -3.00. The van der Waals surface area contributed by atoms with Crippen molar-refractivity contribution in [1.29, 1.82) is 0 Å². The molecular weight excluding hydrogens is 152 g/mol. The van der Waals surface area contributed by atoms with Gasteiger partial charge in [0.05, 0.1) is 0 Å². The van der Waals surface area contributed by atoms with E-state index in [-0.39, 0.29) is 24.4 Å². The van der Waals surface area contributed by atoms with Crippen LogP contribution in [-0.2, 0) is 4.79 Å². The lowest BCUT2D eigenvalue weighted by molar-refractivity contribution is -0.404. The zero-order valence-electron chi connectivity index (χ0n) is 5.64. The first-order valence-corrected chi connectivity index (χ1v) is 2.74. The zero-order valence-corrected chi connectivity index (χ0v) is 6.40. The van der Waals surface area contributed by atoms with Crippen molar-refractivity contribution in [2.24, 2.45) is 5.73 Å². The second-order valence-electron chi connectivity index (χ2n) is 1.84. The number of carbonyl (C=O) groups is 1. The molecule has 3 nitrogen and oxygen atoms in total. The van der Waals surface area contributed by atoms with E-state index in [1.54, 1.807) is 0 Å². The van der Waals surface area contributed by atoms with Gasteiger partial charge in [0.2, 0.25) is 0 Å². The second-order valence-corrected chi connectivity index (χ2v) is 1.84. The molecule has 0 saturated carbocycles. The molecule has 1 amide bonds. The molecule has 0 bridgehead atoms. The van der Waals surface area contributed by atoms with Crippen molar-refractivity contribution >= 4 is 5.91 Å². The number of nitrogens with two attached hydrogens (primary N) is 1. The monoisotopic (exact) mass is 162 g/mol. The minimum atomic E-state index is -0.384. The molecule has 1 unspecified atom stereocenters. The summed E-state index contributed by atoms with van der Waals surface area (Å²) in [6.07, 6.45) is 6.10. The summed E-state index contributed by atoms with van der Waals surface area (Å²) in [7, 11) is 0. The summed E-state index contributed by atoms with van der Waals surface area (Å²) >= 11 is 0. The number of hydrogen-bond donors (Lipinski definition) is 2. The predicted molar refractivity (Wildman–Crippen MR) is 33.9 cm³/mol. The predicted octanol–water partition coefficient (Wildman–Crippen LogP) is -4.50. The van der Waals surface area contributed by atoms with Crippen molar-refractivity contribution in [3.05, 3.63) is 0 Å². The summed E-state index contributed by atoms with van der Waals surface area (Å²) in [4.78, 5) is 10.3. The fraction of sp³-hybridized carbons (Fsp3) is 0.500. The molecule has 0 aliphatic heterocycles. The third-order valence-corrected chi connectivity index (χ3v) is 1.04. The number of carbonyl (C=O) groups excluding carboxylic acids is 1. The maximum atomic E-state index is 10.3. The summed E-state index contributed by atoms with van der Waals surface area (Å²) in [6, 6.07) is -0.332. The maximum Gasteiger partial charge on any atom is 0.275 e. The number of halogens is 1. The van der Waals surface area contributed by atoms with Gasteiger partial charge in [-0.2, -0.15) is 0 Å². The van der Waals surface area contributed by atoms with Gasteiger partial charge in [-0.1, -0.05) is 0 Å². The molecule has 0 aromatic heterocycles. The number of primary amides is 1. The smallest absolute Gasteiger partial charge is 0.275 e. The number of hydrogen-bond acceptors (Lipinski definition) is 1. The molecule has 4 heteroatoms. The molecule has 0 spiro atoms. The van der Waals surface area contributed by atoms with Gasteiger partial charge in [-0.15, -0.1) is 12.3 Å². The number of quaternary nitrogens is 1. The summed E-state index contributed by atoms with van der Waals surface area (Å²) in [5.41, 5.74) is 8.41. The summed E-state index contributed by atoms with van der Waals surface area (Å²) in [5.74, 6) is 2.02. The standard InChI is InChI=1S/C6H10N2O.ClH/c1-2-3-4-5(7)6(8)9;/h1,5H,3-4,7H2,(H2,8,9);1H. The van der Waals surface area contributed by atoms with Crippen LogP contribution < -0.4 is 23.9 Å². The van der Waals surface area contributed by atoms with Crippen LogP contribution in [0.4, 0.5) is 0 Å². The molecule has 58 valence electrons. The Morgan fingerprint density at radius 3 is 2.60 bits per heavy atom. The van der Waals surface area contributed by atoms with Crippen LogP contribution in [-0.4, -0.2) is 11.9 Å². The quantitative estimate of drug-likeness (QED) is 0.404. The van der Waals surface area contributed by atoms with E-state index in [2.05, 4.69) is 11.7 Å². The van der Waals surface area contributed by atoms with Crippen molar-refractivity contribution in [3.8, 4) is 12.3 Å². The Morgan fingerprint density at radius 2 is 2.30 bits per heavy atom.